The van der Waals surface area contributed by atoms with E-state index in [1.54, 1.807) is 23.0 Å². The highest BCUT2D eigenvalue weighted by Gasteiger charge is 2.06. The zero-order valence-corrected chi connectivity index (χ0v) is 9.55. The molecule has 0 radical (unpaired) electrons. The van der Waals surface area contributed by atoms with Crippen molar-refractivity contribution in [1.29, 1.82) is 0 Å². The van der Waals surface area contributed by atoms with Gasteiger partial charge in [-0.3, -0.25) is 0 Å². The zero-order chi connectivity index (χ0) is 13.0. The lowest BCUT2D eigenvalue weighted by Crippen LogP contribution is -2.33. The van der Waals surface area contributed by atoms with Crippen LogP contribution in [-0.4, -0.2) is 33.5 Å². The molecule has 2 rings (SSSR count). The molecule has 0 aromatic carbocycles. The molecule has 2 heterocycles. The van der Waals surface area contributed by atoms with Crippen LogP contribution in [0.25, 0.3) is 5.65 Å². The molecule has 0 aliphatic rings. The third kappa shape index (κ3) is 2.58. The fraction of sp³-hybridized carbons (Fsp3) is 0.222. The number of primary amides is 1. The van der Waals surface area contributed by atoms with Gasteiger partial charge in [-0.05, 0) is 0 Å². The lowest BCUT2D eigenvalue weighted by atomic mass is 10.5. The van der Waals surface area contributed by atoms with Crippen molar-refractivity contribution in [2.75, 3.05) is 23.8 Å². The molecule has 0 saturated heterocycles. The Bertz CT molecular complexity index is 550. The lowest BCUT2D eigenvalue weighted by molar-refractivity contribution is 0.249. The topological polar surface area (TPSA) is 135 Å². The highest BCUT2D eigenvalue weighted by molar-refractivity contribution is 5.71. The highest BCUT2D eigenvalue weighted by atomic mass is 16.2. The summed E-state index contributed by atoms with van der Waals surface area (Å²) in [6.07, 6.45) is 5.16. The van der Waals surface area contributed by atoms with Gasteiger partial charge in [-0.25, -0.2) is 20.6 Å². The first-order chi connectivity index (χ1) is 8.70. The first-order valence-electron chi connectivity index (χ1n) is 5.28. The summed E-state index contributed by atoms with van der Waals surface area (Å²) in [7, 11) is 0. The highest BCUT2D eigenvalue weighted by Crippen LogP contribution is 2.15. The minimum Gasteiger partial charge on any atom is -0.365 e. The monoisotopic (exact) mass is 250 g/mol. The molecule has 2 aromatic rings. The molecular formula is C9H14N8O. The molecule has 0 bridgehead atoms. The number of nitrogens with zero attached hydrogens (tertiary/aromatic N) is 3. The van der Waals surface area contributed by atoms with Crippen LogP contribution >= 0.6 is 0 Å². The molecule has 0 atom stereocenters. The van der Waals surface area contributed by atoms with Gasteiger partial charge in [0.25, 0.3) is 0 Å². The number of nitrogens with one attached hydrogen (secondary N) is 3. The van der Waals surface area contributed by atoms with Crippen molar-refractivity contribution >= 4 is 23.3 Å². The number of nitrogens with two attached hydrogens (primary N) is 2. The van der Waals surface area contributed by atoms with Crippen LogP contribution < -0.4 is 27.6 Å². The van der Waals surface area contributed by atoms with Crippen molar-refractivity contribution in [2.45, 2.75) is 0 Å². The van der Waals surface area contributed by atoms with Crippen molar-refractivity contribution in [1.82, 2.24) is 19.7 Å². The summed E-state index contributed by atoms with van der Waals surface area (Å²) in [6.45, 7) is 0.872. The van der Waals surface area contributed by atoms with E-state index in [4.69, 9.17) is 11.6 Å². The van der Waals surface area contributed by atoms with E-state index >= 15 is 0 Å². The zero-order valence-electron chi connectivity index (χ0n) is 9.55. The van der Waals surface area contributed by atoms with Crippen molar-refractivity contribution < 1.29 is 4.79 Å². The maximum Gasteiger partial charge on any atom is 0.312 e. The normalized spacial score (nSPS) is 10.3. The second-order valence-corrected chi connectivity index (χ2v) is 3.50. The number of hydrazine groups is 1. The number of aromatic nitrogens is 3. The number of hydrogen-bond acceptors (Lipinski definition) is 6. The van der Waals surface area contributed by atoms with E-state index in [9.17, 15) is 4.79 Å². The number of nitrogen functional groups attached to an aromatic ring is 1. The van der Waals surface area contributed by atoms with Crippen LogP contribution in [0.15, 0.2) is 18.6 Å². The number of hydrogen-bond donors (Lipinski definition) is 5. The van der Waals surface area contributed by atoms with Gasteiger partial charge in [0.05, 0.1) is 6.20 Å². The Morgan fingerprint density at radius 3 is 3.00 bits per heavy atom. The maximum atomic E-state index is 10.5. The smallest absolute Gasteiger partial charge is 0.312 e. The summed E-state index contributed by atoms with van der Waals surface area (Å²) in [5.74, 6) is 6.40. The molecular weight excluding hydrogens is 236 g/mol. The number of rotatable bonds is 5. The first-order valence-corrected chi connectivity index (χ1v) is 5.28. The number of carbonyl (C=O) groups excluding carboxylic acids is 1. The predicted octanol–water partition coefficient (Wildman–Crippen LogP) is -0.905. The van der Waals surface area contributed by atoms with Gasteiger partial charge in [-0.1, -0.05) is 0 Å². The van der Waals surface area contributed by atoms with Gasteiger partial charge in [-0.15, -0.1) is 0 Å². The minimum atomic E-state index is -0.562. The van der Waals surface area contributed by atoms with E-state index in [0.29, 0.717) is 30.4 Å². The number of fused-ring (bicyclic) bond motifs is 1. The van der Waals surface area contributed by atoms with Crippen molar-refractivity contribution in [3.05, 3.63) is 18.6 Å². The average Bonchev–Trinajstić information content (AvgIpc) is 2.82. The van der Waals surface area contributed by atoms with Crippen molar-refractivity contribution in [2.24, 2.45) is 11.6 Å². The molecule has 7 N–H and O–H groups in total. The minimum absolute atomic E-state index is 0.393. The van der Waals surface area contributed by atoms with Crippen LogP contribution in [0.5, 0.6) is 0 Å². The van der Waals surface area contributed by atoms with Crippen LogP contribution in [0, 0.1) is 0 Å². The third-order valence-corrected chi connectivity index (χ3v) is 2.24. The Morgan fingerprint density at radius 1 is 1.44 bits per heavy atom. The van der Waals surface area contributed by atoms with E-state index in [2.05, 4.69) is 26.0 Å². The fourth-order valence-corrected chi connectivity index (χ4v) is 1.49. The lowest BCUT2D eigenvalue weighted by Gasteiger charge is -2.09. The van der Waals surface area contributed by atoms with E-state index in [-0.39, 0.29) is 0 Å². The molecule has 9 heteroatoms. The third-order valence-electron chi connectivity index (χ3n) is 2.24. The summed E-state index contributed by atoms with van der Waals surface area (Å²) in [5, 5.41) is 5.51. The van der Waals surface area contributed by atoms with E-state index in [1.807, 2.05) is 0 Å². The largest absolute Gasteiger partial charge is 0.365 e. The molecule has 96 valence electrons. The number of amides is 2. The molecule has 0 fully saturated rings. The Balaban J connectivity index is 2.10. The van der Waals surface area contributed by atoms with Gasteiger partial charge in [0.15, 0.2) is 17.3 Å². The van der Waals surface area contributed by atoms with E-state index < -0.39 is 6.03 Å². The molecule has 0 aliphatic carbocycles. The standard InChI is InChI=1S/C9H14N8O/c10-9(18)14-2-1-12-7-8-13-3-4-17(8)5-6(15-7)16-11/h3-5,16H,1-2,11H2,(H,12,15)(H3,10,14,18). The van der Waals surface area contributed by atoms with Gasteiger partial charge < -0.3 is 26.2 Å². The predicted molar refractivity (Wildman–Crippen MR) is 66.9 cm³/mol. The quantitative estimate of drug-likeness (QED) is 0.265. The summed E-state index contributed by atoms with van der Waals surface area (Å²) in [4.78, 5) is 18.9. The van der Waals surface area contributed by atoms with Gasteiger partial charge >= 0.3 is 6.03 Å². The molecule has 0 saturated carbocycles. The van der Waals surface area contributed by atoms with Gasteiger partial charge in [0, 0.05) is 25.5 Å². The number of urea groups is 1. The number of carbonyl (C=O) groups is 1. The molecule has 18 heavy (non-hydrogen) atoms. The second-order valence-electron chi connectivity index (χ2n) is 3.50. The molecule has 2 aromatic heterocycles. The van der Waals surface area contributed by atoms with E-state index in [1.165, 1.54) is 0 Å². The SMILES string of the molecule is NNc1cn2ccnc2c(NCCNC(N)=O)n1. The fourth-order valence-electron chi connectivity index (χ4n) is 1.49. The second kappa shape index (κ2) is 5.19. The average molecular weight is 250 g/mol. The van der Waals surface area contributed by atoms with Crippen molar-refractivity contribution in [3.8, 4) is 0 Å². The van der Waals surface area contributed by atoms with Crippen LogP contribution in [0.2, 0.25) is 0 Å². The Morgan fingerprint density at radius 2 is 2.28 bits per heavy atom. The number of imidazole rings is 1. The van der Waals surface area contributed by atoms with Crippen LogP contribution in [0.3, 0.4) is 0 Å². The van der Waals surface area contributed by atoms with Crippen LogP contribution in [0.1, 0.15) is 0 Å². The van der Waals surface area contributed by atoms with Gasteiger partial charge in [-0.2, -0.15) is 0 Å². The molecule has 9 nitrogen and oxygen atoms in total. The van der Waals surface area contributed by atoms with Crippen LogP contribution in [-0.2, 0) is 0 Å². The Kier molecular flexibility index (Phi) is 3.44. The molecule has 0 aliphatic heterocycles. The van der Waals surface area contributed by atoms with Gasteiger partial charge in [0.2, 0.25) is 0 Å². The first kappa shape index (κ1) is 11.9. The molecule has 0 spiro atoms. The van der Waals surface area contributed by atoms with Crippen molar-refractivity contribution in [3.63, 3.8) is 0 Å². The summed E-state index contributed by atoms with van der Waals surface area (Å²) in [6, 6.07) is -0.562. The Labute approximate surface area is 103 Å². The molecule has 2 amide bonds. The van der Waals surface area contributed by atoms with Crippen LogP contribution in [0.4, 0.5) is 16.4 Å². The Hall–Kier alpha value is -2.55. The maximum absolute atomic E-state index is 10.5. The van der Waals surface area contributed by atoms with E-state index in [0.717, 1.165) is 0 Å². The summed E-state index contributed by atoms with van der Waals surface area (Å²) >= 11 is 0. The van der Waals surface area contributed by atoms with Gasteiger partial charge in [0.1, 0.15) is 0 Å². The summed E-state index contributed by atoms with van der Waals surface area (Å²) < 4.78 is 1.78. The molecule has 0 unspecified atom stereocenters. The number of anilines is 2. The summed E-state index contributed by atoms with van der Waals surface area (Å²) in [5.41, 5.74) is 8.10.